The van der Waals surface area contributed by atoms with E-state index in [-0.39, 0.29) is 5.75 Å². The van der Waals surface area contributed by atoms with E-state index in [1.54, 1.807) is 12.1 Å². The molecule has 0 heterocycles. The van der Waals surface area contributed by atoms with Gasteiger partial charge in [0.05, 0.1) is 13.0 Å². The van der Waals surface area contributed by atoms with Gasteiger partial charge in [-0.3, -0.25) is 4.79 Å². The maximum Gasteiger partial charge on any atom is 0.310 e. The smallest absolute Gasteiger partial charge is 0.310 e. The average molecular weight is 266 g/mol. The van der Waals surface area contributed by atoms with E-state index in [2.05, 4.69) is 13.8 Å². The van der Waals surface area contributed by atoms with Crippen molar-refractivity contribution < 1.29 is 19.7 Å². The lowest BCUT2D eigenvalue weighted by Crippen LogP contribution is -2.16. The molecular weight excluding hydrogens is 244 g/mol. The Morgan fingerprint density at radius 2 is 1.95 bits per heavy atom. The topological polar surface area (TPSA) is 66.8 Å². The number of rotatable bonds is 7. The molecule has 0 bridgehead atoms. The Balaban J connectivity index is 3.02. The summed E-state index contributed by atoms with van der Waals surface area (Å²) in [5.74, 6) is -0.661. The molecule has 1 aromatic rings. The number of hydrogen-bond donors (Lipinski definition) is 2. The number of benzene rings is 1. The molecule has 0 spiro atoms. The minimum absolute atomic E-state index is 0.0259. The van der Waals surface area contributed by atoms with E-state index in [1.165, 1.54) is 13.2 Å². The van der Waals surface area contributed by atoms with Crippen LogP contribution in [0.3, 0.4) is 0 Å². The maximum absolute atomic E-state index is 11.4. The molecule has 19 heavy (non-hydrogen) atoms. The normalized spacial score (nSPS) is 12.4. The molecule has 2 N–H and O–H groups in total. The summed E-state index contributed by atoms with van der Waals surface area (Å²) in [4.78, 5) is 11.4. The third-order valence-corrected chi connectivity index (χ3v) is 3.63. The molecular formula is C15H22O4. The van der Waals surface area contributed by atoms with Gasteiger partial charge >= 0.3 is 5.97 Å². The Morgan fingerprint density at radius 1 is 1.32 bits per heavy atom. The first-order valence-corrected chi connectivity index (χ1v) is 6.63. The van der Waals surface area contributed by atoms with Crippen LogP contribution in [0.5, 0.6) is 11.5 Å². The highest BCUT2D eigenvalue weighted by atomic mass is 16.5. The number of aliphatic carboxylic acids is 1. The third-order valence-electron chi connectivity index (χ3n) is 3.63. The Labute approximate surface area is 114 Å². The molecule has 0 aromatic heterocycles. The van der Waals surface area contributed by atoms with Gasteiger partial charge in [-0.2, -0.15) is 0 Å². The number of methoxy groups -OCH3 is 1. The van der Waals surface area contributed by atoms with Crippen LogP contribution in [0.1, 0.15) is 44.6 Å². The van der Waals surface area contributed by atoms with Gasteiger partial charge in [-0.25, -0.2) is 0 Å². The third kappa shape index (κ3) is 3.88. The van der Waals surface area contributed by atoms with Crippen LogP contribution in [0.4, 0.5) is 0 Å². The van der Waals surface area contributed by atoms with E-state index in [0.717, 1.165) is 12.8 Å². The minimum Gasteiger partial charge on any atom is -0.504 e. The van der Waals surface area contributed by atoms with Crippen molar-refractivity contribution in [2.45, 2.75) is 39.0 Å². The molecule has 0 saturated heterocycles. The van der Waals surface area contributed by atoms with Crippen molar-refractivity contribution in [3.8, 4) is 11.5 Å². The van der Waals surface area contributed by atoms with Crippen LogP contribution in [0.15, 0.2) is 18.2 Å². The fraction of sp³-hybridized carbons (Fsp3) is 0.533. The van der Waals surface area contributed by atoms with E-state index in [0.29, 0.717) is 23.7 Å². The Morgan fingerprint density at radius 3 is 2.42 bits per heavy atom. The fourth-order valence-corrected chi connectivity index (χ4v) is 2.25. The van der Waals surface area contributed by atoms with Crippen molar-refractivity contribution in [3.63, 3.8) is 0 Å². The first-order chi connectivity index (χ1) is 9.03. The molecule has 1 aromatic carbocycles. The molecule has 0 amide bonds. The second kappa shape index (κ2) is 7.02. The highest BCUT2D eigenvalue weighted by Gasteiger charge is 2.24. The van der Waals surface area contributed by atoms with E-state index in [4.69, 9.17) is 4.74 Å². The monoisotopic (exact) mass is 266 g/mol. The number of carboxylic acids is 1. The van der Waals surface area contributed by atoms with Crippen molar-refractivity contribution in [2.24, 2.45) is 5.92 Å². The molecule has 106 valence electrons. The van der Waals surface area contributed by atoms with Crippen LogP contribution in [0.2, 0.25) is 0 Å². The molecule has 0 aliphatic rings. The summed E-state index contributed by atoms with van der Waals surface area (Å²) in [5.41, 5.74) is 0.675. The summed E-state index contributed by atoms with van der Waals surface area (Å²) in [5, 5.41) is 19.0. The number of aromatic hydroxyl groups is 1. The Bertz CT molecular complexity index is 424. The lowest BCUT2D eigenvalue weighted by atomic mass is 9.86. The minimum atomic E-state index is -0.834. The molecule has 0 fully saturated rings. The summed E-state index contributed by atoms with van der Waals surface area (Å²) in [6.45, 7) is 4.15. The number of phenolic OH excluding ortho intramolecular Hbond substituents is 1. The van der Waals surface area contributed by atoms with Gasteiger partial charge in [0.15, 0.2) is 11.5 Å². The zero-order valence-electron chi connectivity index (χ0n) is 11.7. The van der Waals surface area contributed by atoms with Gasteiger partial charge in [0, 0.05) is 0 Å². The van der Waals surface area contributed by atoms with Gasteiger partial charge in [0.2, 0.25) is 0 Å². The second-order valence-corrected chi connectivity index (χ2v) is 4.74. The van der Waals surface area contributed by atoms with E-state index >= 15 is 0 Å². The van der Waals surface area contributed by atoms with Gasteiger partial charge in [-0.1, -0.05) is 32.8 Å². The summed E-state index contributed by atoms with van der Waals surface area (Å²) in [6.07, 6.45) is 2.54. The van der Waals surface area contributed by atoms with E-state index < -0.39 is 11.9 Å². The Kier molecular flexibility index (Phi) is 5.67. The van der Waals surface area contributed by atoms with Crippen LogP contribution < -0.4 is 4.74 Å². The van der Waals surface area contributed by atoms with Crippen molar-refractivity contribution in [2.75, 3.05) is 7.11 Å². The van der Waals surface area contributed by atoms with Crippen molar-refractivity contribution in [1.29, 1.82) is 0 Å². The number of phenols is 1. The summed E-state index contributed by atoms with van der Waals surface area (Å²) in [7, 11) is 1.45. The number of ether oxygens (including phenoxy) is 1. The van der Waals surface area contributed by atoms with Crippen molar-refractivity contribution in [3.05, 3.63) is 23.8 Å². The molecule has 0 saturated carbocycles. The summed E-state index contributed by atoms with van der Waals surface area (Å²) >= 11 is 0. The van der Waals surface area contributed by atoms with Gasteiger partial charge in [0.25, 0.3) is 0 Å². The second-order valence-electron chi connectivity index (χ2n) is 4.74. The summed E-state index contributed by atoms with van der Waals surface area (Å²) < 4.78 is 5.03. The molecule has 0 aliphatic heterocycles. The lowest BCUT2D eigenvalue weighted by molar-refractivity contribution is -0.139. The molecule has 1 unspecified atom stereocenters. The molecule has 1 rings (SSSR count). The average Bonchev–Trinajstić information content (AvgIpc) is 2.41. The largest absolute Gasteiger partial charge is 0.504 e. The first kappa shape index (κ1) is 15.3. The SMILES string of the molecule is CCC(CC)CC(C(=O)O)c1ccc(O)c(OC)c1. The van der Waals surface area contributed by atoms with E-state index in [1.807, 2.05) is 0 Å². The van der Waals surface area contributed by atoms with Crippen LogP contribution in [-0.4, -0.2) is 23.3 Å². The number of carbonyl (C=O) groups is 1. The van der Waals surface area contributed by atoms with Crippen molar-refractivity contribution in [1.82, 2.24) is 0 Å². The zero-order valence-corrected chi connectivity index (χ0v) is 11.7. The van der Waals surface area contributed by atoms with Gasteiger partial charge in [-0.05, 0) is 30.0 Å². The van der Waals surface area contributed by atoms with Crippen LogP contribution in [0.25, 0.3) is 0 Å². The predicted molar refractivity (Wildman–Crippen MR) is 73.7 cm³/mol. The number of hydrogen-bond acceptors (Lipinski definition) is 3. The van der Waals surface area contributed by atoms with Gasteiger partial charge < -0.3 is 14.9 Å². The van der Waals surface area contributed by atoms with Gasteiger partial charge in [0.1, 0.15) is 0 Å². The standard InChI is InChI=1S/C15H22O4/c1-4-10(5-2)8-12(15(17)18)11-6-7-13(16)14(9-11)19-3/h6-7,9-10,12,16H,4-5,8H2,1-3H3,(H,17,18). The van der Waals surface area contributed by atoms with Crippen molar-refractivity contribution >= 4 is 5.97 Å². The molecule has 4 heteroatoms. The predicted octanol–water partition coefficient (Wildman–Crippen LogP) is 3.40. The molecule has 0 aliphatic carbocycles. The van der Waals surface area contributed by atoms with Gasteiger partial charge in [-0.15, -0.1) is 0 Å². The molecule has 1 atom stereocenters. The Hall–Kier alpha value is -1.71. The quantitative estimate of drug-likeness (QED) is 0.793. The highest BCUT2D eigenvalue weighted by molar-refractivity contribution is 5.76. The summed E-state index contributed by atoms with van der Waals surface area (Å²) in [6, 6.07) is 4.74. The highest BCUT2D eigenvalue weighted by Crippen LogP contribution is 2.33. The van der Waals surface area contributed by atoms with Crippen LogP contribution in [0, 0.1) is 5.92 Å². The van der Waals surface area contributed by atoms with Crippen LogP contribution >= 0.6 is 0 Å². The fourth-order valence-electron chi connectivity index (χ4n) is 2.25. The lowest BCUT2D eigenvalue weighted by Gasteiger charge is -2.19. The van der Waals surface area contributed by atoms with Crippen LogP contribution in [-0.2, 0) is 4.79 Å². The molecule has 4 nitrogen and oxygen atoms in total. The maximum atomic E-state index is 11.4. The first-order valence-electron chi connectivity index (χ1n) is 6.63. The molecule has 0 radical (unpaired) electrons. The van der Waals surface area contributed by atoms with E-state index in [9.17, 15) is 15.0 Å². The zero-order chi connectivity index (χ0) is 14.4. The number of carboxylic acid groups (broad SMARTS) is 1.